The van der Waals surface area contributed by atoms with Crippen molar-refractivity contribution >= 4 is 34.2 Å². The number of carbonyl (C=O) groups is 1. The number of carbonyl (C=O) groups excluding carboxylic acids is 1. The maximum atomic E-state index is 13.7. The average Bonchev–Trinajstić information content (AvgIpc) is 3.46. The highest BCUT2D eigenvalue weighted by Gasteiger charge is 2.42. The van der Waals surface area contributed by atoms with Crippen LogP contribution in [0.5, 0.6) is 0 Å². The Morgan fingerprint density at radius 2 is 1.86 bits per heavy atom. The second-order valence-corrected chi connectivity index (χ2v) is 9.49. The highest BCUT2D eigenvalue weighted by Crippen LogP contribution is 2.46. The van der Waals surface area contributed by atoms with Gasteiger partial charge in [0.2, 0.25) is 5.13 Å². The van der Waals surface area contributed by atoms with E-state index in [0.717, 1.165) is 41.7 Å². The number of hydrazone groups is 1. The molecule has 0 spiro atoms. The van der Waals surface area contributed by atoms with Crippen LogP contribution in [-0.2, 0) is 16.0 Å². The van der Waals surface area contributed by atoms with Gasteiger partial charge in [-0.1, -0.05) is 24.3 Å². The molecule has 0 bridgehead atoms. The summed E-state index contributed by atoms with van der Waals surface area (Å²) in [5, 5.41) is 9.48. The molecule has 1 aliphatic carbocycles. The number of hydrogen-bond donors (Lipinski definition) is 0. The van der Waals surface area contributed by atoms with Gasteiger partial charge in [0.15, 0.2) is 0 Å². The van der Waals surface area contributed by atoms with Crippen LogP contribution in [0.4, 0.5) is 13.9 Å². The fourth-order valence-electron chi connectivity index (χ4n) is 4.75. The molecule has 0 unspecified atom stereocenters. The third-order valence-electron chi connectivity index (χ3n) is 6.29. The Kier molecular flexibility index (Phi) is 6.72. The molecule has 35 heavy (non-hydrogen) atoms. The normalized spacial score (nSPS) is 20.6. The summed E-state index contributed by atoms with van der Waals surface area (Å²) in [4.78, 5) is 16.6. The van der Waals surface area contributed by atoms with Gasteiger partial charge in [0.25, 0.3) is 0 Å². The Balaban J connectivity index is 1.52. The van der Waals surface area contributed by atoms with Crippen molar-refractivity contribution in [3.8, 4) is 0 Å². The molecule has 0 radical (unpaired) electrons. The summed E-state index contributed by atoms with van der Waals surface area (Å²) < 4.78 is 32.2. The van der Waals surface area contributed by atoms with Crippen LogP contribution in [0.1, 0.15) is 49.0 Å². The number of benzene rings is 2. The molecule has 2 atom stereocenters. The molecular weight excluding hydrogens is 468 g/mol. The zero-order valence-electron chi connectivity index (χ0n) is 19.3. The summed E-state index contributed by atoms with van der Waals surface area (Å²) in [7, 11) is 0. The van der Waals surface area contributed by atoms with Gasteiger partial charge in [0, 0.05) is 11.3 Å². The fraction of sp³-hybridized carbons (Fsp3) is 0.296. The van der Waals surface area contributed by atoms with E-state index in [0.29, 0.717) is 17.4 Å². The van der Waals surface area contributed by atoms with Gasteiger partial charge in [-0.2, -0.15) is 5.10 Å². The van der Waals surface area contributed by atoms with Gasteiger partial charge in [0.05, 0.1) is 30.5 Å². The molecule has 5 nitrogen and oxygen atoms in total. The summed E-state index contributed by atoms with van der Waals surface area (Å²) in [6.45, 7) is 2.10. The average molecular weight is 494 g/mol. The van der Waals surface area contributed by atoms with Gasteiger partial charge >= 0.3 is 5.97 Å². The van der Waals surface area contributed by atoms with Crippen molar-refractivity contribution in [3.05, 3.63) is 87.9 Å². The quantitative estimate of drug-likeness (QED) is 0.377. The summed E-state index contributed by atoms with van der Waals surface area (Å²) in [6, 6.07) is 12.8. The summed E-state index contributed by atoms with van der Waals surface area (Å²) in [5.74, 6) is -0.758. The summed E-state index contributed by atoms with van der Waals surface area (Å²) >= 11 is 1.43. The van der Waals surface area contributed by atoms with E-state index < -0.39 is 0 Å². The second kappa shape index (κ2) is 10.1. The van der Waals surface area contributed by atoms with E-state index in [2.05, 4.69) is 11.1 Å². The minimum atomic E-state index is -0.314. The molecule has 1 aliphatic heterocycles. The first-order valence-electron chi connectivity index (χ1n) is 11.7. The lowest BCUT2D eigenvalue weighted by atomic mass is 9.77. The number of anilines is 1. The first-order chi connectivity index (χ1) is 17.0. The smallest absolute Gasteiger partial charge is 0.311 e. The summed E-state index contributed by atoms with van der Waals surface area (Å²) in [6.07, 6.45) is 4.99. The zero-order valence-corrected chi connectivity index (χ0v) is 20.1. The lowest BCUT2D eigenvalue weighted by Crippen LogP contribution is -2.28. The second-order valence-electron chi connectivity index (χ2n) is 8.65. The number of halogens is 2. The first-order valence-corrected chi connectivity index (χ1v) is 12.6. The number of thiazole rings is 1. The highest BCUT2D eigenvalue weighted by molar-refractivity contribution is 7.13. The van der Waals surface area contributed by atoms with Gasteiger partial charge in [-0.25, -0.2) is 18.8 Å². The zero-order chi connectivity index (χ0) is 24.4. The van der Waals surface area contributed by atoms with Crippen molar-refractivity contribution in [1.82, 2.24) is 4.98 Å². The van der Waals surface area contributed by atoms with E-state index in [-0.39, 0.29) is 36.0 Å². The van der Waals surface area contributed by atoms with Gasteiger partial charge in [0.1, 0.15) is 11.6 Å². The first kappa shape index (κ1) is 23.4. The fourth-order valence-corrected chi connectivity index (χ4v) is 5.56. The van der Waals surface area contributed by atoms with E-state index in [1.807, 2.05) is 10.4 Å². The Hall–Kier alpha value is -3.39. The molecule has 2 heterocycles. The molecule has 8 heteroatoms. The van der Waals surface area contributed by atoms with Crippen molar-refractivity contribution in [2.75, 3.05) is 11.6 Å². The van der Waals surface area contributed by atoms with Crippen molar-refractivity contribution in [2.24, 2.45) is 11.0 Å². The third kappa shape index (κ3) is 5.03. The number of hydrogen-bond acceptors (Lipinski definition) is 6. The number of nitrogens with zero attached hydrogens (tertiary/aromatic N) is 3. The lowest BCUT2D eigenvalue weighted by Gasteiger charge is -2.29. The van der Waals surface area contributed by atoms with E-state index in [4.69, 9.17) is 9.84 Å². The van der Waals surface area contributed by atoms with Crippen molar-refractivity contribution in [1.29, 1.82) is 0 Å². The van der Waals surface area contributed by atoms with Crippen molar-refractivity contribution in [2.45, 2.75) is 38.6 Å². The number of fused-ring (bicyclic) bond motifs is 1. The minimum absolute atomic E-state index is 0.106. The topological polar surface area (TPSA) is 54.8 Å². The monoisotopic (exact) mass is 493 g/mol. The molecule has 2 aliphatic rings. The maximum absolute atomic E-state index is 13.7. The van der Waals surface area contributed by atoms with Crippen molar-refractivity contribution in [3.63, 3.8) is 0 Å². The number of esters is 1. The molecule has 180 valence electrons. The highest BCUT2D eigenvalue weighted by atomic mass is 32.1. The molecule has 0 N–H and O–H groups in total. The molecule has 0 saturated heterocycles. The third-order valence-corrected chi connectivity index (χ3v) is 7.17. The number of rotatable bonds is 6. The predicted octanol–water partition coefficient (Wildman–Crippen LogP) is 6.33. The van der Waals surface area contributed by atoms with E-state index in [9.17, 15) is 13.6 Å². The van der Waals surface area contributed by atoms with Crippen LogP contribution in [0.15, 0.2) is 64.6 Å². The van der Waals surface area contributed by atoms with Crippen molar-refractivity contribution < 1.29 is 18.3 Å². The number of allylic oxidation sites excluding steroid dienone is 1. The van der Waals surface area contributed by atoms with Crippen LogP contribution in [0.3, 0.4) is 0 Å². The molecule has 1 saturated carbocycles. The standard InChI is InChI=1S/C27H25F2N3O2S/c1-2-34-24(33)15-22-16-35-27(30-22)32-26(18-8-12-21(29)13-9-18)23-5-3-4-19(25(23)31-32)14-17-6-10-20(28)11-7-17/h6-14,16,23,26H,2-5,15H2,1H3/b19-14-/t23-,26-/m0/s1. The number of aromatic nitrogens is 1. The molecular formula is C27H25F2N3O2S. The van der Waals surface area contributed by atoms with Gasteiger partial charge in [-0.05, 0) is 73.2 Å². The van der Waals surface area contributed by atoms with E-state index in [1.54, 1.807) is 31.2 Å². The van der Waals surface area contributed by atoms with Crippen LogP contribution in [0, 0.1) is 17.6 Å². The van der Waals surface area contributed by atoms with Crippen LogP contribution in [-0.4, -0.2) is 23.3 Å². The van der Waals surface area contributed by atoms with Crippen LogP contribution < -0.4 is 5.01 Å². The maximum Gasteiger partial charge on any atom is 0.311 e. The largest absolute Gasteiger partial charge is 0.466 e. The molecule has 3 aromatic rings. The minimum Gasteiger partial charge on any atom is -0.466 e. The predicted molar refractivity (Wildman–Crippen MR) is 133 cm³/mol. The van der Waals surface area contributed by atoms with Gasteiger partial charge in [-0.15, -0.1) is 11.3 Å². The number of ether oxygens (including phenoxy) is 1. The van der Waals surface area contributed by atoms with E-state index >= 15 is 0 Å². The molecule has 1 aromatic heterocycles. The molecule has 0 amide bonds. The Labute approximate surface area is 206 Å². The molecule has 1 fully saturated rings. The van der Waals surface area contributed by atoms with Crippen LogP contribution >= 0.6 is 11.3 Å². The molecule has 2 aromatic carbocycles. The Morgan fingerprint density at radius 1 is 1.14 bits per heavy atom. The Morgan fingerprint density at radius 3 is 2.57 bits per heavy atom. The molecule has 5 rings (SSSR count). The SMILES string of the molecule is CCOC(=O)Cc1csc(N2N=C3/C(=C\c4ccc(F)cc4)CCC[C@@H]3[C@@H]2c2ccc(F)cc2)n1. The van der Waals surface area contributed by atoms with E-state index in [1.165, 1.54) is 35.6 Å². The Bertz CT molecular complexity index is 1270. The van der Waals surface area contributed by atoms with Crippen LogP contribution in [0.2, 0.25) is 0 Å². The summed E-state index contributed by atoms with van der Waals surface area (Å²) in [5.41, 5.74) is 4.62. The lowest BCUT2D eigenvalue weighted by molar-refractivity contribution is -0.142. The van der Waals surface area contributed by atoms with Gasteiger partial charge in [-0.3, -0.25) is 4.79 Å². The van der Waals surface area contributed by atoms with Crippen LogP contribution in [0.25, 0.3) is 6.08 Å². The van der Waals surface area contributed by atoms with Gasteiger partial charge < -0.3 is 4.74 Å².